The molecule has 2 aromatic rings. The van der Waals surface area contributed by atoms with Crippen LogP contribution in [-0.2, 0) is 26.6 Å². The van der Waals surface area contributed by atoms with Gasteiger partial charge in [0.2, 0.25) is 11.8 Å². The molecule has 0 radical (unpaired) electrons. The van der Waals surface area contributed by atoms with Crippen molar-refractivity contribution in [3.05, 3.63) is 74.3 Å². The van der Waals surface area contributed by atoms with E-state index in [0.717, 1.165) is 34.0 Å². The van der Waals surface area contributed by atoms with Crippen LogP contribution in [0.15, 0.2) is 57.6 Å². The molecule has 0 spiro atoms. The van der Waals surface area contributed by atoms with Crippen LogP contribution in [0.25, 0.3) is 6.08 Å². The zero-order chi connectivity index (χ0) is 35.1. The Morgan fingerprint density at radius 2 is 1.65 bits per heavy atom. The largest absolute Gasteiger partial charge is 0.507 e. The smallest absolute Gasteiger partial charge is 0.455 e. The van der Waals surface area contributed by atoms with Crippen LogP contribution in [0.4, 0.5) is 32.0 Å². The molecule has 0 unspecified atom stereocenters. The Labute approximate surface area is 283 Å². The van der Waals surface area contributed by atoms with E-state index in [1.54, 1.807) is 18.2 Å². The van der Waals surface area contributed by atoms with Gasteiger partial charge in [-0.25, -0.2) is 4.90 Å². The van der Waals surface area contributed by atoms with Crippen LogP contribution in [0.1, 0.15) is 75.5 Å². The number of carbonyl (C=O) groups is 2. The highest BCUT2D eigenvalue weighted by Crippen LogP contribution is 2.52. The Bertz CT molecular complexity index is 1610. The fourth-order valence-electron chi connectivity index (χ4n) is 7.39. The van der Waals surface area contributed by atoms with Gasteiger partial charge in [0.1, 0.15) is 5.75 Å². The normalized spacial score (nSPS) is 23.6. The second-order valence-corrected chi connectivity index (χ2v) is 13.6. The quantitative estimate of drug-likeness (QED) is 0.116. The van der Waals surface area contributed by atoms with Crippen molar-refractivity contribution in [1.82, 2.24) is 0 Å². The van der Waals surface area contributed by atoms with Crippen molar-refractivity contribution in [3.8, 4) is 5.75 Å². The summed E-state index contributed by atoms with van der Waals surface area (Å²) in [6.07, 6.45) is -5.31. The fraction of sp³-hybridized carbons (Fsp3) is 0.471. The SMILES string of the molecule is CCCC1=C2[C@@H](CC/C(=C/c3cc(Br)ccc3O)CCC)OB(O)C[C@@H]2[C@@H]2C(=O)N(c3cc(C(F)(F)F)cc(C(F)(F)F)c3)C(=O)[C@@H]2C1. The minimum Gasteiger partial charge on any atom is -0.507 e. The number of halogens is 7. The van der Waals surface area contributed by atoms with Crippen LogP contribution >= 0.6 is 15.9 Å². The number of rotatable bonds is 9. The van der Waals surface area contributed by atoms with Crippen molar-refractivity contribution < 1.29 is 50.7 Å². The minimum atomic E-state index is -5.16. The number of carbonyl (C=O) groups excluding carboxylic acids is 2. The average Bonchev–Trinajstić information content (AvgIpc) is 3.25. The maximum absolute atomic E-state index is 14.0. The first-order valence-electron chi connectivity index (χ1n) is 15.9. The van der Waals surface area contributed by atoms with Crippen molar-refractivity contribution in [1.29, 1.82) is 0 Å². The van der Waals surface area contributed by atoms with Gasteiger partial charge >= 0.3 is 19.5 Å². The number of benzene rings is 2. The van der Waals surface area contributed by atoms with E-state index in [0.29, 0.717) is 48.3 Å². The molecule has 2 fully saturated rings. The topological polar surface area (TPSA) is 87.1 Å². The van der Waals surface area contributed by atoms with Crippen LogP contribution in [0.2, 0.25) is 6.32 Å². The number of phenolic OH excluding ortho intramolecular Hbond substituents is 1. The number of allylic oxidation sites excluding steroid dienone is 2. The number of phenols is 1. The van der Waals surface area contributed by atoms with Crippen LogP contribution in [-0.4, -0.2) is 35.2 Å². The number of hydrogen-bond acceptors (Lipinski definition) is 5. The summed E-state index contributed by atoms with van der Waals surface area (Å²) in [6.45, 7) is 3.95. The van der Waals surface area contributed by atoms with Crippen molar-refractivity contribution in [3.63, 3.8) is 0 Å². The van der Waals surface area contributed by atoms with Gasteiger partial charge in [0.25, 0.3) is 0 Å². The Hall–Kier alpha value is -3.10. The molecule has 2 heterocycles. The molecule has 2 aliphatic heterocycles. The maximum Gasteiger partial charge on any atom is 0.455 e. The Morgan fingerprint density at radius 3 is 2.25 bits per heavy atom. The van der Waals surface area contributed by atoms with Gasteiger partial charge in [0, 0.05) is 10.0 Å². The number of imide groups is 1. The molecule has 0 saturated carbocycles. The predicted octanol–water partition coefficient (Wildman–Crippen LogP) is 8.96. The average molecular weight is 742 g/mol. The number of aromatic hydroxyl groups is 1. The van der Waals surface area contributed by atoms with Crippen LogP contribution < -0.4 is 4.90 Å². The van der Waals surface area contributed by atoms with Crippen molar-refractivity contribution in [2.75, 3.05) is 4.90 Å². The van der Waals surface area contributed by atoms with Crippen LogP contribution in [0, 0.1) is 17.8 Å². The summed E-state index contributed by atoms with van der Waals surface area (Å²) < 4.78 is 88.9. The number of alkyl halides is 6. The third-order valence-corrected chi connectivity index (χ3v) is 9.83. The first-order chi connectivity index (χ1) is 22.5. The molecule has 4 atom stereocenters. The van der Waals surface area contributed by atoms with E-state index in [-0.39, 0.29) is 24.6 Å². The molecule has 2 amide bonds. The van der Waals surface area contributed by atoms with Gasteiger partial charge in [-0.1, -0.05) is 59.8 Å². The Balaban J connectivity index is 1.50. The van der Waals surface area contributed by atoms with E-state index in [1.807, 2.05) is 19.9 Å². The monoisotopic (exact) mass is 741 g/mol. The molecule has 0 bridgehead atoms. The summed E-state index contributed by atoms with van der Waals surface area (Å²) in [5, 5.41) is 21.2. The lowest BCUT2D eigenvalue weighted by molar-refractivity contribution is -0.143. The summed E-state index contributed by atoms with van der Waals surface area (Å²) in [6, 6.07) is 5.85. The molecule has 14 heteroatoms. The van der Waals surface area contributed by atoms with Gasteiger partial charge in [-0.3, -0.25) is 9.59 Å². The second kappa shape index (κ2) is 14.0. The van der Waals surface area contributed by atoms with E-state index in [2.05, 4.69) is 15.9 Å². The van der Waals surface area contributed by atoms with E-state index in [9.17, 15) is 46.1 Å². The molecule has 48 heavy (non-hydrogen) atoms. The third-order valence-electron chi connectivity index (χ3n) is 9.34. The molecule has 1 aliphatic carbocycles. The lowest BCUT2D eigenvalue weighted by Crippen LogP contribution is -2.46. The summed E-state index contributed by atoms with van der Waals surface area (Å²) >= 11 is 3.42. The molecule has 3 aliphatic rings. The lowest BCUT2D eigenvalue weighted by atomic mass is 9.58. The zero-order valence-electron chi connectivity index (χ0n) is 26.3. The summed E-state index contributed by atoms with van der Waals surface area (Å²) in [5.41, 5.74) is -0.763. The predicted molar refractivity (Wildman–Crippen MR) is 172 cm³/mol. The van der Waals surface area contributed by atoms with E-state index in [1.165, 1.54) is 0 Å². The number of nitrogens with zero attached hydrogens (tertiary/aromatic N) is 1. The number of amides is 2. The van der Waals surface area contributed by atoms with Gasteiger partial charge in [-0.15, -0.1) is 0 Å². The first-order valence-corrected chi connectivity index (χ1v) is 16.7. The van der Waals surface area contributed by atoms with Crippen molar-refractivity contribution in [2.45, 2.75) is 83.6 Å². The molecule has 0 aromatic heterocycles. The highest BCUT2D eigenvalue weighted by Gasteiger charge is 2.58. The van der Waals surface area contributed by atoms with E-state index >= 15 is 0 Å². The van der Waals surface area contributed by atoms with Gasteiger partial charge in [-0.2, -0.15) is 26.3 Å². The molecule has 2 N–H and O–H groups in total. The molecule has 258 valence electrons. The molecular formula is C34H35BBrF6NO5. The molecule has 6 nitrogen and oxygen atoms in total. The summed E-state index contributed by atoms with van der Waals surface area (Å²) in [7, 11) is -1.31. The van der Waals surface area contributed by atoms with Gasteiger partial charge < -0.3 is 14.8 Å². The molecule has 2 saturated heterocycles. The van der Waals surface area contributed by atoms with Crippen LogP contribution in [0.3, 0.4) is 0 Å². The first kappa shape index (κ1) is 36.2. The van der Waals surface area contributed by atoms with E-state index in [4.69, 9.17) is 4.65 Å². The highest BCUT2D eigenvalue weighted by molar-refractivity contribution is 9.10. The van der Waals surface area contributed by atoms with Gasteiger partial charge in [0.15, 0.2) is 0 Å². The number of hydrogen-bond donors (Lipinski definition) is 2. The molecule has 5 rings (SSSR count). The third kappa shape index (κ3) is 7.40. The zero-order valence-corrected chi connectivity index (χ0v) is 27.9. The summed E-state index contributed by atoms with van der Waals surface area (Å²) in [5.74, 6) is -4.41. The Morgan fingerprint density at radius 1 is 0.979 bits per heavy atom. The van der Waals surface area contributed by atoms with Crippen molar-refractivity contribution in [2.24, 2.45) is 17.8 Å². The van der Waals surface area contributed by atoms with Crippen LogP contribution in [0.5, 0.6) is 5.75 Å². The lowest BCUT2D eigenvalue weighted by Gasteiger charge is -2.43. The Kier molecular flexibility index (Phi) is 10.6. The van der Waals surface area contributed by atoms with Gasteiger partial charge in [-0.05, 0) is 86.3 Å². The standard InChI is InChI=1S/C34H35BBrF6NO5/c1-3-5-18(11-20-12-23(36)8-9-27(20)44)7-10-28-29-19(6-4-2)13-25-30(26(29)17-35(47)48-28)32(46)43(31(25)45)24-15-21(33(37,38)39)14-22(16-24)34(40,41)42/h8-9,11-12,14-16,25-26,28,30,44,47H,3-7,10,13,17H2,1-2H3/b18-11+/t25-,26+,28-,30-/m1/s1. The van der Waals surface area contributed by atoms with E-state index < -0.39 is 72.0 Å². The number of anilines is 1. The van der Waals surface area contributed by atoms with Gasteiger partial charge in [0.05, 0.1) is 34.8 Å². The molecular weight excluding hydrogens is 707 g/mol. The summed E-state index contributed by atoms with van der Waals surface area (Å²) in [4.78, 5) is 28.2. The second-order valence-electron chi connectivity index (χ2n) is 12.6. The highest BCUT2D eigenvalue weighted by atomic mass is 79.9. The minimum absolute atomic E-state index is 0.0424. The maximum atomic E-state index is 14.0. The number of fused-ring (bicyclic) bond motifs is 3. The van der Waals surface area contributed by atoms with Crippen molar-refractivity contribution >= 4 is 46.6 Å². The fourth-order valence-corrected chi connectivity index (χ4v) is 7.77. The molecule has 2 aromatic carbocycles.